The lowest BCUT2D eigenvalue weighted by atomic mass is 9.94. The first-order valence-corrected chi connectivity index (χ1v) is 12.0. The van der Waals surface area contributed by atoms with Crippen molar-refractivity contribution < 1.29 is 23.9 Å². The van der Waals surface area contributed by atoms with Crippen LogP contribution in [0.3, 0.4) is 0 Å². The second-order valence-corrected chi connectivity index (χ2v) is 8.14. The van der Waals surface area contributed by atoms with E-state index in [9.17, 15) is 14.4 Å². The zero-order valence-corrected chi connectivity index (χ0v) is 22.1. The molecule has 0 aromatic heterocycles. The van der Waals surface area contributed by atoms with E-state index in [2.05, 4.69) is 11.9 Å². The van der Waals surface area contributed by atoms with Gasteiger partial charge in [-0.2, -0.15) is 0 Å². The molecule has 2 rings (SSSR count). The second-order valence-electron chi connectivity index (χ2n) is 8.14. The van der Waals surface area contributed by atoms with E-state index in [1.165, 1.54) is 19.3 Å². The molecule has 0 atom stereocenters. The first-order valence-electron chi connectivity index (χ1n) is 12.0. The molecule has 0 heterocycles. The van der Waals surface area contributed by atoms with Crippen LogP contribution in [-0.2, 0) is 20.9 Å². The maximum atomic E-state index is 12.6. The van der Waals surface area contributed by atoms with Gasteiger partial charge in [0.25, 0.3) is 0 Å². The van der Waals surface area contributed by atoms with E-state index < -0.39 is 5.97 Å². The Bertz CT molecular complexity index is 1100. The van der Waals surface area contributed by atoms with Crippen molar-refractivity contribution in [3.8, 4) is 5.75 Å². The summed E-state index contributed by atoms with van der Waals surface area (Å²) in [4.78, 5) is 36.6. The Morgan fingerprint density at radius 3 is 2.31 bits per heavy atom. The van der Waals surface area contributed by atoms with Crippen LogP contribution < -0.4 is 10.1 Å². The van der Waals surface area contributed by atoms with Crippen molar-refractivity contribution in [3.63, 3.8) is 0 Å². The van der Waals surface area contributed by atoms with Gasteiger partial charge in [0, 0.05) is 17.7 Å². The number of nitrogens with one attached hydrogen (secondary N) is 1. The van der Waals surface area contributed by atoms with E-state index in [4.69, 9.17) is 9.47 Å². The molecule has 0 bridgehead atoms. The van der Waals surface area contributed by atoms with Crippen LogP contribution in [0.25, 0.3) is 5.57 Å². The average Bonchev–Trinajstić information content (AvgIpc) is 2.88. The monoisotopic (exact) mass is 491 g/mol. The fourth-order valence-electron chi connectivity index (χ4n) is 3.33. The smallest absolute Gasteiger partial charge is 0.338 e. The minimum absolute atomic E-state index is 0.151. The Balaban J connectivity index is 0.00000316. The van der Waals surface area contributed by atoms with Crippen molar-refractivity contribution >= 4 is 23.7 Å². The Morgan fingerprint density at radius 1 is 1.08 bits per heavy atom. The van der Waals surface area contributed by atoms with E-state index in [1.54, 1.807) is 25.1 Å². The maximum absolute atomic E-state index is 12.6. The molecule has 0 fully saturated rings. The largest absolute Gasteiger partial charge is 0.489 e. The molecule has 0 spiro atoms. The minimum Gasteiger partial charge on any atom is -0.489 e. The number of hydrogen-bond donors (Lipinski definition) is 1. The molecule has 1 amide bonds. The Morgan fingerprint density at radius 2 is 1.75 bits per heavy atom. The third-order valence-corrected chi connectivity index (χ3v) is 4.88. The highest BCUT2D eigenvalue weighted by molar-refractivity contribution is 6.05. The highest BCUT2D eigenvalue weighted by Crippen LogP contribution is 2.28. The minimum atomic E-state index is -0.617. The van der Waals surface area contributed by atoms with E-state index >= 15 is 0 Å². The predicted octanol–water partition coefficient (Wildman–Crippen LogP) is 6.28. The van der Waals surface area contributed by atoms with Gasteiger partial charge in [-0.1, -0.05) is 70.7 Å². The van der Waals surface area contributed by atoms with Gasteiger partial charge in [0.05, 0.1) is 12.7 Å². The lowest BCUT2D eigenvalue weighted by molar-refractivity contribution is -0.135. The molecular weight excluding hydrogens is 454 g/mol. The molecule has 0 saturated heterocycles. The SMILES string of the molecule is C=C/C(=C(\C=C(/C)NC(=O)CC(C)C)C(=O)OC)c1ccc(OCc2ccccc2)cc1C=O.CC. The number of esters is 1. The average molecular weight is 492 g/mol. The first kappa shape index (κ1) is 30.1. The van der Waals surface area contributed by atoms with Crippen LogP contribution in [0.15, 0.2) is 78.5 Å². The van der Waals surface area contributed by atoms with Gasteiger partial charge in [-0.15, -0.1) is 0 Å². The summed E-state index contributed by atoms with van der Waals surface area (Å²) in [5, 5.41) is 2.78. The van der Waals surface area contributed by atoms with Gasteiger partial charge in [-0.25, -0.2) is 4.79 Å². The summed E-state index contributed by atoms with van der Waals surface area (Å²) in [6, 6.07) is 14.7. The summed E-state index contributed by atoms with van der Waals surface area (Å²) in [6.07, 6.45) is 4.06. The van der Waals surface area contributed by atoms with Crippen LogP contribution in [-0.4, -0.2) is 25.3 Å². The molecule has 0 unspecified atom stereocenters. The van der Waals surface area contributed by atoms with Gasteiger partial charge in [0.1, 0.15) is 12.4 Å². The second kappa shape index (κ2) is 15.9. The molecule has 6 nitrogen and oxygen atoms in total. The van der Waals surface area contributed by atoms with E-state index in [-0.39, 0.29) is 17.4 Å². The number of amides is 1. The standard InChI is InChI=1S/C28H31NO5.C2H6/c1-6-24(26(28(32)33-5)15-20(4)29-27(31)14-19(2)3)25-13-12-23(16-22(25)17-30)34-18-21-10-8-7-9-11-21;1-2/h6-13,15-17,19H,1,14,18H2,2-5H3,(H,29,31);1-2H3/b20-15+,26-24-;. The molecule has 0 radical (unpaired) electrons. The molecule has 1 N–H and O–H groups in total. The number of methoxy groups -OCH3 is 1. The van der Waals surface area contributed by atoms with Gasteiger partial charge < -0.3 is 14.8 Å². The van der Waals surface area contributed by atoms with Crippen molar-refractivity contribution in [1.82, 2.24) is 5.32 Å². The summed E-state index contributed by atoms with van der Waals surface area (Å²) >= 11 is 0. The third-order valence-electron chi connectivity index (χ3n) is 4.88. The van der Waals surface area contributed by atoms with Crippen LogP contribution in [0.1, 0.15) is 62.5 Å². The molecule has 36 heavy (non-hydrogen) atoms. The summed E-state index contributed by atoms with van der Waals surface area (Å²) in [5.41, 5.74) is 2.87. The highest BCUT2D eigenvalue weighted by Gasteiger charge is 2.18. The van der Waals surface area contributed by atoms with Crippen molar-refractivity contribution in [3.05, 3.63) is 95.2 Å². The van der Waals surface area contributed by atoms with Crippen LogP contribution in [0, 0.1) is 5.92 Å². The van der Waals surface area contributed by atoms with Gasteiger partial charge in [-0.05, 0) is 53.8 Å². The highest BCUT2D eigenvalue weighted by atomic mass is 16.5. The van der Waals surface area contributed by atoms with Crippen molar-refractivity contribution in [2.75, 3.05) is 7.11 Å². The normalized spacial score (nSPS) is 11.5. The summed E-state index contributed by atoms with van der Waals surface area (Å²) in [6.45, 7) is 13.8. The number of carbonyl (C=O) groups is 3. The van der Waals surface area contributed by atoms with Crippen LogP contribution in [0.2, 0.25) is 0 Å². The van der Waals surface area contributed by atoms with Crippen molar-refractivity contribution in [2.45, 2.75) is 47.6 Å². The molecule has 2 aromatic rings. The number of carbonyl (C=O) groups excluding carboxylic acids is 3. The first-order chi connectivity index (χ1) is 17.3. The van der Waals surface area contributed by atoms with Crippen LogP contribution in [0.4, 0.5) is 0 Å². The number of ether oxygens (including phenoxy) is 2. The van der Waals surface area contributed by atoms with Crippen molar-refractivity contribution in [2.24, 2.45) is 5.92 Å². The summed E-state index contributed by atoms with van der Waals surface area (Å²) < 4.78 is 10.8. The van der Waals surface area contributed by atoms with Crippen LogP contribution >= 0.6 is 0 Å². The van der Waals surface area contributed by atoms with E-state index in [0.29, 0.717) is 47.5 Å². The van der Waals surface area contributed by atoms with E-state index in [0.717, 1.165) is 5.56 Å². The zero-order valence-electron chi connectivity index (χ0n) is 22.1. The maximum Gasteiger partial charge on any atom is 0.338 e. The Kier molecular flexibility index (Phi) is 13.3. The lowest BCUT2D eigenvalue weighted by Gasteiger charge is -2.14. The lowest BCUT2D eigenvalue weighted by Crippen LogP contribution is -2.23. The number of allylic oxidation sites excluding steroid dienone is 3. The summed E-state index contributed by atoms with van der Waals surface area (Å²) in [7, 11) is 1.27. The van der Waals surface area contributed by atoms with Gasteiger partial charge in [0.2, 0.25) is 5.91 Å². The molecule has 0 aliphatic rings. The number of hydrogen-bond acceptors (Lipinski definition) is 5. The predicted molar refractivity (Wildman–Crippen MR) is 144 cm³/mol. The third kappa shape index (κ3) is 9.37. The molecule has 2 aromatic carbocycles. The fraction of sp³-hybridized carbons (Fsp3) is 0.300. The number of benzene rings is 2. The van der Waals surface area contributed by atoms with E-state index in [1.807, 2.05) is 58.0 Å². The molecule has 0 saturated carbocycles. The number of aldehydes is 1. The van der Waals surface area contributed by atoms with Gasteiger partial charge in [0.15, 0.2) is 6.29 Å². The molecule has 0 aliphatic heterocycles. The zero-order chi connectivity index (χ0) is 27.1. The fourth-order valence-corrected chi connectivity index (χ4v) is 3.33. The van der Waals surface area contributed by atoms with Crippen molar-refractivity contribution in [1.29, 1.82) is 0 Å². The molecule has 192 valence electrons. The Hall–Kier alpha value is -3.93. The number of rotatable bonds is 11. The molecule has 6 heteroatoms. The molecule has 0 aliphatic carbocycles. The molecular formula is C30H37NO5. The van der Waals surface area contributed by atoms with Crippen LogP contribution in [0.5, 0.6) is 5.75 Å². The quantitative estimate of drug-likeness (QED) is 0.173. The Labute approximate surface area is 214 Å². The topological polar surface area (TPSA) is 81.7 Å². The summed E-state index contributed by atoms with van der Waals surface area (Å²) in [5.74, 6) is -0.0504. The van der Waals surface area contributed by atoms with Gasteiger partial charge >= 0.3 is 5.97 Å². The van der Waals surface area contributed by atoms with Gasteiger partial charge in [-0.3, -0.25) is 9.59 Å².